The Morgan fingerprint density at radius 1 is 1.46 bits per heavy atom. The van der Waals surface area contributed by atoms with E-state index in [1.54, 1.807) is 0 Å². The molecule has 0 heterocycles. The zero-order valence-corrected chi connectivity index (χ0v) is 9.44. The summed E-state index contributed by atoms with van der Waals surface area (Å²) in [7, 11) is -1.19. The summed E-state index contributed by atoms with van der Waals surface area (Å²) in [5.74, 6) is 0. The largest absolute Gasteiger partial charge is 0.416 e. The van der Waals surface area contributed by atoms with E-state index >= 15 is 0 Å². The van der Waals surface area contributed by atoms with Crippen LogP contribution in [0, 0.1) is 0 Å². The molecule has 0 bridgehead atoms. The Morgan fingerprint density at radius 2 is 2.15 bits per heavy atom. The van der Waals surface area contributed by atoms with E-state index < -0.39 is 9.04 Å². The van der Waals surface area contributed by atoms with Crippen LogP contribution in [0.25, 0.3) is 6.08 Å². The van der Waals surface area contributed by atoms with Crippen molar-refractivity contribution in [3.05, 3.63) is 36.4 Å². The highest BCUT2D eigenvalue weighted by atomic mass is 28.3. The van der Waals surface area contributed by atoms with Gasteiger partial charge in [0.15, 0.2) is 0 Å². The molecule has 1 atom stereocenters. The first-order valence-electron chi connectivity index (χ1n) is 4.62. The second-order valence-corrected chi connectivity index (χ2v) is 5.17. The molecule has 0 aromatic heterocycles. The van der Waals surface area contributed by atoms with E-state index in [1.807, 2.05) is 19.1 Å². The van der Waals surface area contributed by atoms with Gasteiger partial charge in [0.05, 0.1) is 0 Å². The van der Waals surface area contributed by atoms with Gasteiger partial charge in [0.1, 0.15) is 0 Å². The Balaban J connectivity index is 2.91. The molecule has 0 radical (unpaired) electrons. The molecule has 1 aromatic carbocycles. The van der Waals surface area contributed by atoms with Crippen LogP contribution in [-0.2, 0) is 4.43 Å². The Morgan fingerprint density at radius 3 is 2.77 bits per heavy atom. The average Bonchev–Trinajstić information content (AvgIpc) is 2.18. The molecule has 13 heavy (non-hydrogen) atoms. The van der Waals surface area contributed by atoms with Gasteiger partial charge in [-0.2, -0.15) is 0 Å². The summed E-state index contributed by atoms with van der Waals surface area (Å²) in [5.41, 5.74) is 1.22. The normalized spacial score (nSPS) is 12.5. The van der Waals surface area contributed by atoms with Crippen LogP contribution < -0.4 is 5.19 Å². The van der Waals surface area contributed by atoms with Crippen molar-refractivity contribution in [2.75, 3.05) is 6.61 Å². The minimum absolute atomic E-state index is 0.804. The van der Waals surface area contributed by atoms with Crippen LogP contribution in [0.5, 0.6) is 0 Å². The van der Waals surface area contributed by atoms with Crippen molar-refractivity contribution in [3.63, 3.8) is 0 Å². The third kappa shape index (κ3) is 2.54. The third-order valence-electron chi connectivity index (χ3n) is 2.07. The van der Waals surface area contributed by atoms with Gasteiger partial charge in [-0.25, -0.2) is 0 Å². The Bertz CT molecular complexity index is 283. The molecule has 0 saturated carbocycles. The summed E-state index contributed by atoms with van der Waals surface area (Å²) in [6.07, 6.45) is 1.90. The first-order chi connectivity index (χ1) is 6.29. The summed E-state index contributed by atoms with van der Waals surface area (Å²) < 4.78 is 5.66. The van der Waals surface area contributed by atoms with Gasteiger partial charge in [-0.15, -0.1) is 0 Å². The van der Waals surface area contributed by atoms with Crippen LogP contribution in [0.3, 0.4) is 0 Å². The minimum atomic E-state index is -1.19. The molecule has 0 aliphatic rings. The van der Waals surface area contributed by atoms with Gasteiger partial charge >= 0.3 is 0 Å². The van der Waals surface area contributed by atoms with Crippen LogP contribution in [0.2, 0.25) is 6.55 Å². The molecule has 1 rings (SSSR count). The lowest BCUT2D eigenvalue weighted by Crippen LogP contribution is -2.32. The fourth-order valence-corrected chi connectivity index (χ4v) is 3.15. The van der Waals surface area contributed by atoms with E-state index in [1.165, 1.54) is 10.8 Å². The number of hydrogen-bond donors (Lipinski definition) is 0. The van der Waals surface area contributed by atoms with Crippen LogP contribution in [0.4, 0.5) is 0 Å². The SMILES string of the molecule is C=Cc1ccccc1[SiH](C)OCC. The van der Waals surface area contributed by atoms with E-state index in [9.17, 15) is 0 Å². The molecule has 0 aliphatic heterocycles. The lowest BCUT2D eigenvalue weighted by Gasteiger charge is -2.12. The molecule has 0 amide bonds. The van der Waals surface area contributed by atoms with E-state index in [2.05, 4.69) is 31.3 Å². The summed E-state index contributed by atoms with van der Waals surface area (Å²) in [6.45, 7) is 8.85. The monoisotopic (exact) mass is 192 g/mol. The summed E-state index contributed by atoms with van der Waals surface area (Å²) in [6, 6.07) is 8.33. The van der Waals surface area contributed by atoms with Gasteiger partial charge in [0, 0.05) is 6.61 Å². The molecule has 0 saturated heterocycles. The Hall–Kier alpha value is -0.863. The van der Waals surface area contributed by atoms with Gasteiger partial charge in [-0.05, 0) is 24.2 Å². The summed E-state index contributed by atoms with van der Waals surface area (Å²) >= 11 is 0. The van der Waals surface area contributed by atoms with Crippen molar-refractivity contribution in [1.82, 2.24) is 0 Å². The molecule has 0 fully saturated rings. The maximum atomic E-state index is 5.66. The van der Waals surface area contributed by atoms with Crippen LogP contribution in [0.15, 0.2) is 30.8 Å². The van der Waals surface area contributed by atoms with Crippen LogP contribution >= 0.6 is 0 Å². The van der Waals surface area contributed by atoms with E-state index in [-0.39, 0.29) is 0 Å². The number of benzene rings is 1. The third-order valence-corrected chi connectivity index (χ3v) is 4.31. The zero-order valence-electron chi connectivity index (χ0n) is 8.29. The molecular weight excluding hydrogens is 176 g/mol. The highest BCUT2D eigenvalue weighted by Crippen LogP contribution is 2.00. The molecule has 2 heteroatoms. The van der Waals surface area contributed by atoms with Crippen molar-refractivity contribution in [2.24, 2.45) is 0 Å². The van der Waals surface area contributed by atoms with Gasteiger partial charge in [-0.3, -0.25) is 0 Å². The van der Waals surface area contributed by atoms with Crippen molar-refractivity contribution in [2.45, 2.75) is 13.5 Å². The quantitative estimate of drug-likeness (QED) is 0.662. The lowest BCUT2D eigenvalue weighted by atomic mass is 10.2. The molecule has 1 nitrogen and oxygen atoms in total. The highest BCUT2D eigenvalue weighted by Gasteiger charge is 2.09. The van der Waals surface area contributed by atoms with E-state index in [0.717, 1.165) is 6.61 Å². The lowest BCUT2D eigenvalue weighted by molar-refractivity contribution is 0.354. The van der Waals surface area contributed by atoms with E-state index in [0.29, 0.717) is 0 Å². The molecule has 0 N–H and O–H groups in total. The Kier molecular flexibility index (Phi) is 3.93. The molecule has 1 unspecified atom stereocenters. The molecule has 0 spiro atoms. The fraction of sp³-hybridized carbons (Fsp3) is 0.273. The smallest absolute Gasteiger partial charge is 0.205 e. The van der Waals surface area contributed by atoms with Gasteiger partial charge in [-0.1, -0.05) is 36.9 Å². The predicted molar refractivity (Wildman–Crippen MR) is 60.8 cm³/mol. The molecular formula is C11H16OSi. The van der Waals surface area contributed by atoms with Gasteiger partial charge in [0.2, 0.25) is 9.04 Å². The standard InChI is InChI=1S/C11H16OSi/c1-4-10-8-6-7-9-11(10)13(3)12-5-2/h4,6-9,13H,1,5H2,2-3H3. The molecule has 0 aliphatic carbocycles. The van der Waals surface area contributed by atoms with Crippen molar-refractivity contribution < 1.29 is 4.43 Å². The minimum Gasteiger partial charge on any atom is -0.416 e. The molecule has 1 aromatic rings. The zero-order chi connectivity index (χ0) is 9.68. The van der Waals surface area contributed by atoms with Crippen molar-refractivity contribution in [3.8, 4) is 0 Å². The highest BCUT2D eigenvalue weighted by molar-refractivity contribution is 6.66. The maximum Gasteiger partial charge on any atom is 0.205 e. The van der Waals surface area contributed by atoms with Crippen molar-refractivity contribution >= 4 is 20.3 Å². The van der Waals surface area contributed by atoms with Crippen LogP contribution in [-0.4, -0.2) is 15.6 Å². The first kappa shape index (κ1) is 10.2. The number of rotatable bonds is 4. The summed E-state index contributed by atoms with van der Waals surface area (Å²) in [5, 5.41) is 1.35. The van der Waals surface area contributed by atoms with E-state index in [4.69, 9.17) is 4.43 Å². The molecule has 70 valence electrons. The fourth-order valence-electron chi connectivity index (χ4n) is 1.41. The topological polar surface area (TPSA) is 9.23 Å². The van der Waals surface area contributed by atoms with Crippen molar-refractivity contribution in [1.29, 1.82) is 0 Å². The first-order valence-corrected chi connectivity index (χ1v) is 6.83. The predicted octanol–water partition coefficient (Wildman–Crippen LogP) is 1.93. The van der Waals surface area contributed by atoms with Gasteiger partial charge in [0.25, 0.3) is 0 Å². The number of hydrogen-bond acceptors (Lipinski definition) is 1. The maximum absolute atomic E-state index is 5.66. The average molecular weight is 192 g/mol. The van der Waals surface area contributed by atoms with Gasteiger partial charge < -0.3 is 4.43 Å². The summed E-state index contributed by atoms with van der Waals surface area (Å²) in [4.78, 5) is 0. The Labute approximate surface area is 81.8 Å². The second-order valence-electron chi connectivity index (χ2n) is 2.93. The second kappa shape index (κ2) is 4.99. The van der Waals surface area contributed by atoms with Crippen LogP contribution in [0.1, 0.15) is 12.5 Å².